The second kappa shape index (κ2) is 45.8. The van der Waals surface area contributed by atoms with Crippen molar-refractivity contribution < 1.29 is 147 Å². The summed E-state index contributed by atoms with van der Waals surface area (Å²) in [5.74, 6) is -11.8. The zero-order valence-electron chi connectivity index (χ0n) is 73.1. The average Bonchev–Trinajstić information content (AvgIpc) is 0.838. The number of ketones is 1. The molecular weight excluding hydrogens is 1590 g/mol. The number of methoxy groups -OCH3 is 1. The van der Waals surface area contributed by atoms with Gasteiger partial charge in [0.25, 0.3) is 5.91 Å². The van der Waals surface area contributed by atoms with Crippen molar-refractivity contribution >= 4 is 67.2 Å². The first-order valence-electron chi connectivity index (χ1n) is 40.7. The van der Waals surface area contributed by atoms with Gasteiger partial charge in [0.05, 0.1) is 63.4 Å². The Bertz CT molecular complexity index is 3780. The summed E-state index contributed by atoms with van der Waals surface area (Å²) in [6, 6.07) is -2.72. The number of ether oxygens (including phenoxy) is 15. The fraction of sp³-hybridized carbons (Fsp3) is 0.735. The Kier molecular flexibility index (Phi) is 38.7. The molecule has 1 aliphatic carbocycles. The second-order valence-electron chi connectivity index (χ2n) is 33.2. The number of aliphatic hydroxyl groups is 2. The number of nitrogens with two attached hydrogens (primary N) is 2. The Morgan fingerprint density at radius 2 is 1.23 bits per heavy atom. The second-order valence-corrected chi connectivity index (χ2v) is 34.9. The van der Waals surface area contributed by atoms with Crippen LogP contribution in [-0.2, 0) is 132 Å². The molecule has 0 saturated carbocycles. The summed E-state index contributed by atoms with van der Waals surface area (Å²) in [5, 5.41) is 31.1. The molecule has 5 heterocycles. The highest BCUT2D eigenvalue weighted by molar-refractivity contribution is 7.48. The molecule has 6 rings (SSSR count). The number of hydrogen-bond acceptors (Lipinski definition) is 31. The van der Waals surface area contributed by atoms with Crippen LogP contribution in [0.2, 0.25) is 0 Å². The number of Topliss-reactive ketones (excluding diaryl/α,β-unsaturated/α-hetero) is 1. The number of allylic oxidation sites excluding steroid dienone is 10. The molecule has 0 aromatic rings. The number of primary amides is 2. The molecule has 27 atom stereocenters. The molecule has 0 aromatic carbocycles. The summed E-state index contributed by atoms with van der Waals surface area (Å²) < 4.78 is 125. The molecule has 0 aromatic heterocycles. The van der Waals surface area contributed by atoms with Crippen molar-refractivity contribution in [1.29, 1.82) is 0 Å². The molecule has 120 heavy (non-hydrogen) atoms. The normalized spacial score (nSPS) is 33.2. The lowest BCUT2D eigenvalue weighted by atomic mass is 9.82. The maximum atomic E-state index is 15.1. The van der Waals surface area contributed by atoms with Crippen LogP contribution in [0.3, 0.4) is 0 Å². The van der Waals surface area contributed by atoms with Gasteiger partial charge in [-0.3, -0.25) is 51.9 Å². The van der Waals surface area contributed by atoms with Gasteiger partial charge in [0.2, 0.25) is 17.7 Å². The molecule has 0 spiro atoms. The maximum absolute atomic E-state index is 15.1. The fourth-order valence-corrected chi connectivity index (χ4v) is 16.2. The van der Waals surface area contributed by atoms with Crippen LogP contribution in [0, 0.1) is 40.9 Å². The summed E-state index contributed by atoms with van der Waals surface area (Å²) in [5.41, 5.74) is 13.1. The van der Waals surface area contributed by atoms with Gasteiger partial charge >= 0.3 is 37.8 Å². The van der Waals surface area contributed by atoms with Crippen LogP contribution in [0.15, 0.2) is 70.7 Å². The van der Waals surface area contributed by atoms with Gasteiger partial charge in [-0.15, -0.1) is 0 Å². The maximum Gasteiger partial charge on any atom is 0.477 e. The standard InChI is InChI=1S/C83H130N5O31P/c1-41(2)26-25-28-42(3)29-30-44(5)33-36-82(18,19)35-24-23-27-43(4)34-37-104-61(75(98)102-21)40-107-120(101,103-22)119-80-70(71(118-81(85)99)83(20,100)72(117-80)73(84)96)116-77-63(87-53(14)90)50(11)66(60(112-77)39-106-78-68(109-55(16)92)46(7)45(6)59(111-78)38-105-54(15)91)114-76-62(86-52(13)89)49(10)65(51(12)108-76)113-79-69(110-56(17)93)48(9)47(8)67(115-79)74(97)88-64-57(94)31-32-58(64)95/h24,26,29,34-35,45-51,59-63,65-72,76-80,94,100H,5,23,25,27-28,30-33,36-40H2,1-4,6-22H3,(H2,84,96)(H2,85,99)(H,86,89)(H,87,90)(H,88,97)/b35-24+,42-29+,43-34-/t45-,46-,47+,48-,49+,50+,51?,59?,60?,61+,62?,63?,65-,66-,67?,68?,69?,70?,71+,72?,76-,77-,78+,79+,80+,83-,120?/m0/s1. The van der Waals surface area contributed by atoms with Gasteiger partial charge in [-0.1, -0.05) is 115 Å². The summed E-state index contributed by atoms with van der Waals surface area (Å²) in [7, 11) is -3.28. The number of carbonyl (C=O) groups excluding carboxylic acids is 10. The van der Waals surface area contributed by atoms with Gasteiger partial charge in [0.15, 0.2) is 73.9 Å². The summed E-state index contributed by atoms with van der Waals surface area (Å²) >= 11 is 0. The Morgan fingerprint density at radius 1 is 0.650 bits per heavy atom. The molecule has 678 valence electrons. The third kappa shape index (κ3) is 28.9. The first-order valence-corrected chi connectivity index (χ1v) is 42.2. The molecule has 0 radical (unpaired) electrons. The average molecular weight is 1720 g/mol. The Balaban J connectivity index is 1.34. The molecule has 5 amide bonds. The molecule has 5 saturated heterocycles. The van der Waals surface area contributed by atoms with E-state index in [1.165, 1.54) is 44.4 Å². The Morgan fingerprint density at radius 3 is 1.79 bits per heavy atom. The first kappa shape index (κ1) is 101. The third-order valence-electron chi connectivity index (χ3n) is 22.6. The van der Waals surface area contributed by atoms with Gasteiger partial charge < -0.3 is 109 Å². The van der Waals surface area contributed by atoms with Crippen LogP contribution in [0.25, 0.3) is 0 Å². The molecule has 11 unspecified atom stereocenters. The summed E-state index contributed by atoms with van der Waals surface area (Å²) in [4.78, 5) is 132. The monoisotopic (exact) mass is 1720 g/mol. The van der Waals surface area contributed by atoms with Crippen molar-refractivity contribution in [3.8, 4) is 0 Å². The molecule has 6 aliphatic rings. The Hall–Kier alpha value is -7.39. The smallest absolute Gasteiger partial charge is 0.477 e. The van der Waals surface area contributed by atoms with Gasteiger partial charge in [-0.25, -0.2) is 14.2 Å². The van der Waals surface area contributed by atoms with E-state index in [2.05, 4.69) is 81.5 Å². The molecule has 5 fully saturated rings. The van der Waals surface area contributed by atoms with Crippen LogP contribution < -0.4 is 27.4 Å². The minimum absolute atomic E-state index is 0.0184. The highest BCUT2D eigenvalue weighted by Crippen LogP contribution is 2.53. The minimum atomic E-state index is -5.24. The molecular formula is C83H130N5O31P. The van der Waals surface area contributed by atoms with Crippen molar-refractivity contribution in [2.45, 2.75) is 312 Å². The fourth-order valence-electron chi connectivity index (χ4n) is 15.2. The van der Waals surface area contributed by atoms with E-state index in [1.54, 1.807) is 54.5 Å². The lowest BCUT2D eigenvalue weighted by molar-refractivity contribution is -0.367. The zero-order valence-corrected chi connectivity index (χ0v) is 73.9. The summed E-state index contributed by atoms with van der Waals surface area (Å²) in [6.07, 6.45) is -12.1. The van der Waals surface area contributed by atoms with Crippen LogP contribution in [0.4, 0.5) is 4.79 Å². The van der Waals surface area contributed by atoms with E-state index in [4.69, 9.17) is 96.1 Å². The van der Waals surface area contributed by atoms with Crippen molar-refractivity contribution in [1.82, 2.24) is 16.0 Å². The first-order chi connectivity index (χ1) is 56.1. The SMILES string of the molecule is C=C(C/C=C(\C)CCC=C(C)C)CCC(C)(C)/C=C/CC/C(C)=C\CO[C@H](COP(=O)(OC)O[C@H]1OC(C(N)=O)[C@@](C)(O)[C@H](OC(N)=O)C1O[C@@H]1OC(CO[C@@H]2OC(COC(C)=O)[C@@H](C)[C@H](C)C2OC(C)=O)[C@@H](O[C@@H]2OC(C)[C@@H](O[C@@H]3OC(C(=O)NC4=C(O)CCC4=O)[C@H](C)[C@H](C)C3OC(C)=O)[C@H](C)C2NC(C)=O)[C@H](C)C1NC(C)=O)C(=O)OC. The predicted molar refractivity (Wildman–Crippen MR) is 429 cm³/mol. The topological polar surface area (TPSA) is 482 Å². The highest BCUT2D eigenvalue weighted by Gasteiger charge is 2.62. The molecule has 37 heteroatoms. The van der Waals surface area contributed by atoms with Gasteiger partial charge in [-0.2, -0.15) is 0 Å². The van der Waals surface area contributed by atoms with Crippen molar-refractivity contribution in [2.75, 3.05) is 40.6 Å². The van der Waals surface area contributed by atoms with E-state index in [1.807, 2.05) is 6.92 Å². The molecule has 0 bridgehead atoms. The molecule has 9 N–H and O–H groups in total. The van der Waals surface area contributed by atoms with Gasteiger partial charge in [0, 0.05) is 78.2 Å². The number of phosphoric acid groups is 1. The highest BCUT2D eigenvalue weighted by atomic mass is 31.2. The Labute approximate surface area is 703 Å². The van der Waals surface area contributed by atoms with E-state index in [-0.39, 0.29) is 42.9 Å². The quantitative estimate of drug-likeness (QED) is 0.0132. The number of nitrogens with one attached hydrogen (secondary N) is 3. The number of hydrogen-bond donors (Lipinski definition) is 7. The van der Waals surface area contributed by atoms with Crippen LogP contribution in [0.5, 0.6) is 0 Å². The summed E-state index contributed by atoms with van der Waals surface area (Å²) in [6.45, 7) is 33.5. The van der Waals surface area contributed by atoms with E-state index in [0.717, 1.165) is 65.7 Å². The number of amides is 5. The van der Waals surface area contributed by atoms with Crippen molar-refractivity contribution in [3.63, 3.8) is 0 Å². The lowest BCUT2D eigenvalue weighted by Gasteiger charge is -2.52. The third-order valence-corrected chi connectivity index (χ3v) is 24.0. The lowest BCUT2D eigenvalue weighted by Crippen LogP contribution is -2.71. The number of rotatable bonds is 41. The van der Waals surface area contributed by atoms with Crippen molar-refractivity contribution in [3.05, 3.63) is 70.7 Å². The number of carbonyl (C=O) groups is 10. The largest absolute Gasteiger partial charge is 0.510 e. The molecule has 36 nitrogen and oxygen atoms in total. The van der Waals surface area contributed by atoms with Crippen molar-refractivity contribution in [2.24, 2.45) is 52.4 Å². The van der Waals surface area contributed by atoms with Crippen LogP contribution in [-0.4, -0.2) is 233 Å². The van der Waals surface area contributed by atoms with E-state index >= 15 is 4.57 Å². The van der Waals surface area contributed by atoms with E-state index in [9.17, 15) is 58.2 Å². The van der Waals surface area contributed by atoms with Crippen LogP contribution >= 0.6 is 7.82 Å². The van der Waals surface area contributed by atoms with E-state index < -0.39 is 238 Å². The minimum Gasteiger partial charge on any atom is -0.510 e. The predicted octanol–water partition coefficient (Wildman–Crippen LogP) is 8.08. The van der Waals surface area contributed by atoms with Gasteiger partial charge in [-0.05, 0) is 104 Å². The molecule has 5 aliphatic heterocycles. The van der Waals surface area contributed by atoms with Gasteiger partial charge in [0.1, 0.15) is 35.9 Å². The van der Waals surface area contributed by atoms with Crippen LogP contribution in [0.1, 0.15) is 189 Å². The zero-order chi connectivity index (χ0) is 89.7. The number of esters is 4. The van der Waals surface area contributed by atoms with E-state index in [0.29, 0.717) is 12.8 Å². The number of aliphatic hydroxyl groups excluding tert-OH is 1. The number of phosphoric ester groups is 1.